The van der Waals surface area contributed by atoms with E-state index in [9.17, 15) is 4.39 Å². The number of rotatable bonds is 7. The van der Waals surface area contributed by atoms with Crippen LogP contribution in [-0.4, -0.2) is 56.5 Å². The van der Waals surface area contributed by atoms with Crippen molar-refractivity contribution in [3.05, 3.63) is 30.1 Å². The number of guanidine groups is 1. The van der Waals surface area contributed by atoms with Gasteiger partial charge in [-0.15, -0.1) is 11.8 Å². The van der Waals surface area contributed by atoms with Crippen LogP contribution in [-0.2, 0) is 4.74 Å². The summed E-state index contributed by atoms with van der Waals surface area (Å²) in [6.07, 6.45) is 1.16. The molecular formula is C17H26FN3OS. The van der Waals surface area contributed by atoms with E-state index >= 15 is 0 Å². The summed E-state index contributed by atoms with van der Waals surface area (Å²) < 4.78 is 18.1. The van der Waals surface area contributed by atoms with E-state index in [1.165, 1.54) is 12.1 Å². The van der Waals surface area contributed by atoms with Crippen LogP contribution in [0.3, 0.4) is 0 Å². The molecular weight excluding hydrogens is 313 g/mol. The first-order valence-electron chi connectivity index (χ1n) is 8.13. The van der Waals surface area contributed by atoms with Crippen LogP contribution in [0.1, 0.15) is 13.3 Å². The second-order valence-corrected chi connectivity index (χ2v) is 6.76. The molecule has 23 heavy (non-hydrogen) atoms. The third kappa shape index (κ3) is 6.03. The minimum absolute atomic E-state index is 0.193. The lowest BCUT2D eigenvalue weighted by atomic mass is 10.1. The third-order valence-corrected chi connectivity index (χ3v) is 4.75. The first-order chi connectivity index (χ1) is 11.2. The smallest absolute Gasteiger partial charge is 0.193 e. The van der Waals surface area contributed by atoms with Gasteiger partial charge in [0.2, 0.25) is 0 Å². The second kappa shape index (κ2) is 9.78. The van der Waals surface area contributed by atoms with Crippen molar-refractivity contribution in [2.75, 3.05) is 45.6 Å². The number of nitrogens with zero attached hydrogens (tertiary/aromatic N) is 2. The maximum atomic E-state index is 12.9. The van der Waals surface area contributed by atoms with Crippen molar-refractivity contribution >= 4 is 17.7 Å². The first-order valence-corrected chi connectivity index (χ1v) is 9.12. The minimum atomic E-state index is -0.193. The summed E-state index contributed by atoms with van der Waals surface area (Å²) in [5, 5.41) is 3.37. The van der Waals surface area contributed by atoms with Gasteiger partial charge in [0.25, 0.3) is 0 Å². The molecule has 0 spiro atoms. The van der Waals surface area contributed by atoms with Crippen LogP contribution in [0.5, 0.6) is 0 Å². The molecule has 1 unspecified atom stereocenters. The average Bonchev–Trinajstić information content (AvgIpc) is 3.01. The second-order valence-electron chi connectivity index (χ2n) is 5.59. The van der Waals surface area contributed by atoms with Crippen molar-refractivity contribution in [3.8, 4) is 0 Å². The molecule has 0 bridgehead atoms. The van der Waals surface area contributed by atoms with E-state index in [-0.39, 0.29) is 5.82 Å². The Kier molecular flexibility index (Phi) is 7.68. The summed E-state index contributed by atoms with van der Waals surface area (Å²) in [6, 6.07) is 6.61. The Balaban J connectivity index is 1.80. The molecule has 1 aromatic rings. The Labute approximate surface area is 142 Å². The summed E-state index contributed by atoms with van der Waals surface area (Å²) in [6.45, 7) is 6.56. The molecule has 1 heterocycles. The fourth-order valence-electron chi connectivity index (χ4n) is 2.67. The number of ether oxygens (including phenoxy) is 1. The molecule has 0 aliphatic carbocycles. The Bertz CT molecular complexity index is 495. The van der Waals surface area contributed by atoms with E-state index in [0.717, 1.165) is 55.8 Å². The van der Waals surface area contributed by atoms with Gasteiger partial charge in [0, 0.05) is 43.3 Å². The number of nitrogens with one attached hydrogen (secondary N) is 1. The average molecular weight is 339 g/mol. The zero-order valence-electron chi connectivity index (χ0n) is 13.9. The summed E-state index contributed by atoms with van der Waals surface area (Å²) in [5.74, 6) is 2.28. The highest BCUT2D eigenvalue weighted by molar-refractivity contribution is 7.99. The lowest BCUT2D eigenvalue weighted by molar-refractivity contribution is 0.157. The van der Waals surface area contributed by atoms with E-state index in [2.05, 4.69) is 17.1 Å². The van der Waals surface area contributed by atoms with Crippen LogP contribution in [0, 0.1) is 11.7 Å². The van der Waals surface area contributed by atoms with Gasteiger partial charge in [0.05, 0.1) is 13.2 Å². The van der Waals surface area contributed by atoms with Crippen LogP contribution < -0.4 is 5.32 Å². The quantitative estimate of drug-likeness (QED) is 0.359. The number of hydrogen-bond acceptors (Lipinski definition) is 3. The highest BCUT2D eigenvalue weighted by Gasteiger charge is 2.24. The van der Waals surface area contributed by atoms with E-state index in [1.807, 2.05) is 12.1 Å². The SMILES string of the molecule is CCNC(=NCCSc1ccc(F)cc1)N1CCC(COC)C1. The lowest BCUT2D eigenvalue weighted by Gasteiger charge is -2.21. The highest BCUT2D eigenvalue weighted by atomic mass is 32.2. The van der Waals surface area contributed by atoms with Crippen LogP contribution in [0.2, 0.25) is 0 Å². The Morgan fingerprint density at radius 2 is 2.22 bits per heavy atom. The molecule has 1 saturated heterocycles. The van der Waals surface area contributed by atoms with Gasteiger partial charge < -0.3 is 15.0 Å². The van der Waals surface area contributed by atoms with Crippen LogP contribution >= 0.6 is 11.8 Å². The van der Waals surface area contributed by atoms with Crippen molar-refractivity contribution in [1.82, 2.24) is 10.2 Å². The molecule has 0 saturated carbocycles. The number of hydrogen-bond donors (Lipinski definition) is 1. The predicted octanol–water partition coefficient (Wildman–Crippen LogP) is 2.85. The molecule has 128 valence electrons. The van der Waals surface area contributed by atoms with Crippen LogP contribution in [0.4, 0.5) is 4.39 Å². The number of likely N-dealkylation sites (tertiary alicyclic amines) is 1. The van der Waals surface area contributed by atoms with Crippen molar-refractivity contribution in [1.29, 1.82) is 0 Å². The van der Waals surface area contributed by atoms with Gasteiger partial charge in [-0.25, -0.2) is 4.39 Å². The normalized spacial score (nSPS) is 18.5. The van der Waals surface area contributed by atoms with Gasteiger partial charge in [-0.05, 0) is 37.6 Å². The van der Waals surface area contributed by atoms with E-state index in [1.54, 1.807) is 18.9 Å². The molecule has 0 radical (unpaired) electrons. The topological polar surface area (TPSA) is 36.9 Å². The van der Waals surface area contributed by atoms with Gasteiger partial charge in [0.15, 0.2) is 5.96 Å². The summed E-state index contributed by atoms with van der Waals surface area (Å²) in [7, 11) is 1.76. The number of thioether (sulfide) groups is 1. The molecule has 1 atom stereocenters. The first kappa shape index (κ1) is 18.1. The largest absolute Gasteiger partial charge is 0.384 e. The maximum absolute atomic E-state index is 12.9. The number of benzene rings is 1. The van der Waals surface area contributed by atoms with Crippen LogP contribution in [0.25, 0.3) is 0 Å². The van der Waals surface area contributed by atoms with Gasteiger partial charge in [-0.3, -0.25) is 4.99 Å². The zero-order chi connectivity index (χ0) is 16.5. The monoisotopic (exact) mass is 339 g/mol. The summed E-state index contributed by atoms with van der Waals surface area (Å²) in [5.41, 5.74) is 0. The number of halogens is 1. The highest BCUT2D eigenvalue weighted by Crippen LogP contribution is 2.18. The third-order valence-electron chi connectivity index (χ3n) is 3.76. The maximum Gasteiger partial charge on any atom is 0.193 e. The molecule has 2 rings (SSSR count). The van der Waals surface area contributed by atoms with E-state index < -0.39 is 0 Å². The van der Waals surface area contributed by atoms with Gasteiger partial charge >= 0.3 is 0 Å². The Hall–Kier alpha value is -1.27. The fourth-order valence-corrected chi connectivity index (χ4v) is 3.42. The molecule has 0 amide bonds. The molecule has 1 aromatic carbocycles. The van der Waals surface area contributed by atoms with Crippen molar-refractivity contribution in [2.45, 2.75) is 18.2 Å². The van der Waals surface area contributed by atoms with E-state index in [0.29, 0.717) is 5.92 Å². The number of methoxy groups -OCH3 is 1. The Morgan fingerprint density at radius 1 is 1.43 bits per heavy atom. The molecule has 1 aliphatic rings. The van der Waals surface area contributed by atoms with Crippen molar-refractivity contribution < 1.29 is 9.13 Å². The molecule has 6 heteroatoms. The molecule has 4 nitrogen and oxygen atoms in total. The molecule has 1 fully saturated rings. The Morgan fingerprint density at radius 3 is 2.91 bits per heavy atom. The van der Waals surface area contributed by atoms with Crippen LogP contribution in [0.15, 0.2) is 34.2 Å². The van der Waals surface area contributed by atoms with E-state index in [4.69, 9.17) is 9.73 Å². The molecule has 1 N–H and O–H groups in total. The number of aliphatic imine (C=N–C) groups is 1. The standard InChI is InChI=1S/C17H26FN3OS/c1-3-19-17(21-10-8-14(12-21)13-22-2)20-9-11-23-16-6-4-15(18)5-7-16/h4-7,14H,3,8-13H2,1-2H3,(H,19,20). The summed E-state index contributed by atoms with van der Waals surface area (Å²) in [4.78, 5) is 8.11. The predicted molar refractivity (Wildman–Crippen MR) is 94.7 cm³/mol. The zero-order valence-corrected chi connectivity index (χ0v) is 14.7. The van der Waals surface area contributed by atoms with Crippen molar-refractivity contribution in [2.24, 2.45) is 10.9 Å². The van der Waals surface area contributed by atoms with Crippen molar-refractivity contribution in [3.63, 3.8) is 0 Å². The summed E-state index contributed by atoms with van der Waals surface area (Å²) >= 11 is 1.70. The van der Waals surface area contributed by atoms with Gasteiger partial charge in [-0.1, -0.05) is 0 Å². The fraction of sp³-hybridized carbons (Fsp3) is 0.588. The minimum Gasteiger partial charge on any atom is -0.384 e. The van der Waals surface area contributed by atoms with Gasteiger partial charge in [-0.2, -0.15) is 0 Å². The molecule has 0 aromatic heterocycles. The van der Waals surface area contributed by atoms with Gasteiger partial charge in [0.1, 0.15) is 5.82 Å². The lowest BCUT2D eigenvalue weighted by Crippen LogP contribution is -2.40. The molecule has 1 aliphatic heterocycles.